The van der Waals surface area contributed by atoms with E-state index in [1.54, 1.807) is 6.92 Å². The number of nitrogens with zero attached hydrogens (tertiary/aromatic N) is 2. The molecule has 1 aromatic heterocycles. The molecular formula is C10H16N2O4S. The maximum absolute atomic E-state index is 11.3. The summed E-state index contributed by atoms with van der Waals surface area (Å²) >= 11 is 0. The van der Waals surface area contributed by atoms with Crippen LogP contribution >= 0.6 is 0 Å². The molecule has 0 spiro atoms. The van der Waals surface area contributed by atoms with E-state index in [0.717, 1.165) is 12.8 Å². The van der Waals surface area contributed by atoms with E-state index in [4.69, 9.17) is 4.42 Å². The Morgan fingerprint density at radius 2 is 2.06 bits per heavy atom. The summed E-state index contributed by atoms with van der Waals surface area (Å²) < 4.78 is 37.0. The second kappa shape index (κ2) is 4.38. The van der Waals surface area contributed by atoms with Crippen LogP contribution < -0.4 is 0 Å². The summed E-state index contributed by atoms with van der Waals surface area (Å²) in [4.78, 5) is 0. The average molecular weight is 260 g/mol. The molecule has 0 amide bonds. The first-order chi connectivity index (χ1) is 7.88. The van der Waals surface area contributed by atoms with Crippen LogP contribution in [-0.4, -0.2) is 28.4 Å². The van der Waals surface area contributed by atoms with Crippen LogP contribution in [0.1, 0.15) is 43.9 Å². The molecule has 96 valence electrons. The van der Waals surface area contributed by atoms with Gasteiger partial charge < -0.3 is 4.42 Å². The zero-order valence-corrected chi connectivity index (χ0v) is 10.6. The molecule has 0 saturated heterocycles. The van der Waals surface area contributed by atoms with Gasteiger partial charge in [-0.25, -0.2) is 0 Å². The van der Waals surface area contributed by atoms with E-state index < -0.39 is 15.4 Å². The van der Waals surface area contributed by atoms with Crippen LogP contribution in [0, 0.1) is 12.8 Å². The predicted octanol–water partition coefficient (Wildman–Crippen LogP) is 1.54. The molecule has 3 unspecified atom stereocenters. The highest BCUT2D eigenvalue weighted by Crippen LogP contribution is 2.37. The fraction of sp³-hybridized carbons (Fsp3) is 0.800. The van der Waals surface area contributed by atoms with Crippen LogP contribution in [0.5, 0.6) is 0 Å². The Labute approximate surface area is 100 Å². The average Bonchev–Trinajstić information content (AvgIpc) is 2.64. The minimum Gasteiger partial charge on any atom is -0.425 e. The third kappa shape index (κ3) is 2.66. The van der Waals surface area contributed by atoms with Gasteiger partial charge in [-0.05, 0) is 25.2 Å². The number of rotatable bonds is 2. The zero-order valence-electron chi connectivity index (χ0n) is 9.83. The molecule has 2 rings (SSSR count). The highest BCUT2D eigenvalue weighted by Gasteiger charge is 2.38. The van der Waals surface area contributed by atoms with Gasteiger partial charge in [-0.15, -0.1) is 10.2 Å². The van der Waals surface area contributed by atoms with Gasteiger partial charge in [-0.2, -0.15) is 8.42 Å². The first-order valence-corrected chi connectivity index (χ1v) is 7.14. The second-order valence-corrected chi connectivity index (χ2v) is 6.34. The summed E-state index contributed by atoms with van der Waals surface area (Å²) in [7, 11) is -4.00. The van der Waals surface area contributed by atoms with Gasteiger partial charge in [0.05, 0.1) is 5.25 Å². The summed E-state index contributed by atoms with van der Waals surface area (Å²) in [6, 6.07) is 0. The molecule has 17 heavy (non-hydrogen) atoms. The van der Waals surface area contributed by atoms with Gasteiger partial charge >= 0.3 is 0 Å². The standard InChI is InChI=1S/C10H16N2O4S/c1-6-3-4-8(5-9(6)17(13,14)15)10-12-11-7(2)16-10/h6,8-9H,3-5H2,1-2H3,(H,13,14,15). The zero-order chi connectivity index (χ0) is 12.6. The molecule has 0 bridgehead atoms. The van der Waals surface area contributed by atoms with E-state index in [9.17, 15) is 13.0 Å². The highest BCUT2D eigenvalue weighted by atomic mass is 32.2. The Hall–Kier alpha value is -0.950. The molecule has 1 fully saturated rings. The number of hydrogen-bond donors (Lipinski definition) is 1. The molecule has 0 aromatic carbocycles. The minimum absolute atomic E-state index is 0.0368. The number of aromatic nitrogens is 2. The van der Waals surface area contributed by atoms with Gasteiger partial charge in [0.15, 0.2) is 0 Å². The van der Waals surface area contributed by atoms with Crippen LogP contribution in [0.2, 0.25) is 0 Å². The molecule has 0 aliphatic heterocycles. The third-order valence-electron chi connectivity index (χ3n) is 3.40. The molecule has 1 aromatic rings. The Kier molecular flexibility index (Phi) is 3.22. The van der Waals surface area contributed by atoms with E-state index in [2.05, 4.69) is 10.2 Å². The van der Waals surface area contributed by atoms with Crippen LogP contribution in [0.3, 0.4) is 0 Å². The fourth-order valence-corrected chi connectivity index (χ4v) is 3.60. The summed E-state index contributed by atoms with van der Waals surface area (Å²) in [5.41, 5.74) is 0. The fourth-order valence-electron chi connectivity index (χ4n) is 2.40. The Morgan fingerprint density at radius 3 is 2.59 bits per heavy atom. The van der Waals surface area contributed by atoms with Gasteiger partial charge in [-0.1, -0.05) is 6.92 Å². The van der Waals surface area contributed by atoms with E-state index in [1.807, 2.05) is 6.92 Å². The monoisotopic (exact) mass is 260 g/mol. The van der Waals surface area contributed by atoms with Gasteiger partial charge in [0.25, 0.3) is 10.1 Å². The quantitative estimate of drug-likeness (QED) is 0.811. The van der Waals surface area contributed by atoms with Gasteiger partial charge in [-0.3, -0.25) is 4.55 Å². The molecule has 1 aliphatic carbocycles. The Bertz CT molecular complexity index is 496. The maximum Gasteiger partial charge on any atom is 0.268 e. The molecule has 1 saturated carbocycles. The maximum atomic E-state index is 11.3. The van der Waals surface area contributed by atoms with Crippen molar-refractivity contribution in [3.05, 3.63) is 11.8 Å². The van der Waals surface area contributed by atoms with Crippen molar-refractivity contribution in [2.24, 2.45) is 5.92 Å². The summed E-state index contributed by atoms with van der Waals surface area (Å²) in [5.74, 6) is 0.842. The van der Waals surface area contributed by atoms with Crippen molar-refractivity contribution in [2.75, 3.05) is 0 Å². The summed E-state index contributed by atoms with van der Waals surface area (Å²) in [6.45, 7) is 3.54. The first-order valence-electron chi connectivity index (χ1n) is 5.64. The van der Waals surface area contributed by atoms with Crippen molar-refractivity contribution in [3.8, 4) is 0 Å². The van der Waals surface area contributed by atoms with Gasteiger partial charge in [0.1, 0.15) is 0 Å². The molecular weight excluding hydrogens is 244 g/mol. The lowest BCUT2D eigenvalue weighted by Gasteiger charge is -2.30. The lowest BCUT2D eigenvalue weighted by molar-refractivity contribution is 0.294. The predicted molar refractivity (Wildman–Crippen MR) is 60.1 cm³/mol. The van der Waals surface area contributed by atoms with Crippen molar-refractivity contribution in [3.63, 3.8) is 0 Å². The smallest absolute Gasteiger partial charge is 0.268 e. The molecule has 0 radical (unpaired) electrons. The molecule has 1 heterocycles. The van der Waals surface area contributed by atoms with E-state index in [1.165, 1.54) is 0 Å². The molecule has 6 nitrogen and oxygen atoms in total. The van der Waals surface area contributed by atoms with Crippen LogP contribution in [-0.2, 0) is 10.1 Å². The molecule has 1 aliphatic rings. The van der Waals surface area contributed by atoms with Crippen molar-refractivity contribution >= 4 is 10.1 Å². The SMILES string of the molecule is Cc1nnc(C2CCC(C)C(S(=O)(=O)O)C2)o1. The Morgan fingerprint density at radius 1 is 1.35 bits per heavy atom. The van der Waals surface area contributed by atoms with Gasteiger partial charge in [0, 0.05) is 12.8 Å². The van der Waals surface area contributed by atoms with E-state index >= 15 is 0 Å². The number of hydrogen-bond acceptors (Lipinski definition) is 5. The molecule has 1 N–H and O–H groups in total. The number of aryl methyl sites for hydroxylation is 1. The summed E-state index contributed by atoms with van der Waals surface area (Å²) in [6.07, 6.45) is 1.90. The molecule has 3 atom stereocenters. The Balaban J connectivity index is 2.18. The van der Waals surface area contributed by atoms with Gasteiger partial charge in [0.2, 0.25) is 11.8 Å². The lowest BCUT2D eigenvalue weighted by Crippen LogP contribution is -2.33. The second-order valence-electron chi connectivity index (χ2n) is 4.70. The minimum atomic E-state index is -4.00. The van der Waals surface area contributed by atoms with Crippen LogP contribution in [0.4, 0.5) is 0 Å². The summed E-state index contributed by atoms with van der Waals surface area (Å²) in [5, 5.41) is 6.93. The van der Waals surface area contributed by atoms with Crippen LogP contribution in [0.25, 0.3) is 0 Å². The normalized spacial score (nSPS) is 30.4. The van der Waals surface area contributed by atoms with E-state index in [-0.39, 0.29) is 11.8 Å². The van der Waals surface area contributed by atoms with E-state index in [0.29, 0.717) is 18.2 Å². The molecule has 7 heteroatoms. The van der Waals surface area contributed by atoms with Crippen molar-refractivity contribution in [1.29, 1.82) is 0 Å². The first kappa shape index (κ1) is 12.5. The van der Waals surface area contributed by atoms with Crippen molar-refractivity contribution < 1.29 is 17.4 Å². The van der Waals surface area contributed by atoms with Crippen molar-refractivity contribution in [1.82, 2.24) is 10.2 Å². The van der Waals surface area contributed by atoms with Crippen LogP contribution in [0.15, 0.2) is 4.42 Å². The van der Waals surface area contributed by atoms with Crippen molar-refractivity contribution in [2.45, 2.75) is 44.3 Å². The highest BCUT2D eigenvalue weighted by molar-refractivity contribution is 7.86. The lowest BCUT2D eigenvalue weighted by atomic mass is 9.82. The third-order valence-corrected chi connectivity index (χ3v) is 4.82. The largest absolute Gasteiger partial charge is 0.425 e. The topological polar surface area (TPSA) is 93.3 Å².